The van der Waals surface area contributed by atoms with Gasteiger partial charge in [-0.3, -0.25) is 4.79 Å². The lowest BCUT2D eigenvalue weighted by molar-refractivity contribution is -0.351. The second-order valence-electron chi connectivity index (χ2n) is 4.95. The summed E-state index contributed by atoms with van der Waals surface area (Å²) >= 11 is 0. The molecule has 2 aliphatic rings. The normalized spacial score (nSPS) is 41.1. The molecule has 2 heterocycles. The van der Waals surface area contributed by atoms with Crippen molar-refractivity contribution in [3.63, 3.8) is 0 Å². The lowest BCUT2D eigenvalue weighted by Gasteiger charge is -2.48. The minimum Gasteiger partial charge on any atom is -0.430 e. The van der Waals surface area contributed by atoms with Gasteiger partial charge in [0.05, 0.1) is 13.0 Å². The third-order valence-corrected chi connectivity index (χ3v) is 3.87. The highest BCUT2D eigenvalue weighted by Gasteiger charge is 2.60. The molecule has 2 saturated heterocycles. The summed E-state index contributed by atoms with van der Waals surface area (Å²) < 4.78 is 33.0. The standard InChI is InChI=1S/C13H22O7/c1-15-7-8-10(16-2)11(17-3)12(18-4)13(19-8)6-5-9(14)20-13/h8,10-12H,5-7H2,1-4H3/t8-,10-,11+,12-,13-/m1/s1. The van der Waals surface area contributed by atoms with Gasteiger partial charge in [-0.2, -0.15) is 0 Å². The van der Waals surface area contributed by atoms with Gasteiger partial charge in [0.1, 0.15) is 18.3 Å². The molecular formula is C13H22O7. The van der Waals surface area contributed by atoms with Crippen LogP contribution in [0.3, 0.4) is 0 Å². The van der Waals surface area contributed by atoms with E-state index in [0.29, 0.717) is 19.4 Å². The Labute approximate surface area is 118 Å². The fourth-order valence-electron chi connectivity index (χ4n) is 3.03. The minimum atomic E-state index is -1.12. The number of hydrogen-bond donors (Lipinski definition) is 0. The van der Waals surface area contributed by atoms with E-state index in [4.69, 9.17) is 28.4 Å². The second-order valence-corrected chi connectivity index (χ2v) is 4.95. The first-order valence-corrected chi connectivity index (χ1v) is 6.59. The van der Waals surface area contributed by atoms with Crippen LogP contribution in [0.15, 0.2) is 0 Å². The molecule has 0 saturated carbocycles. The van der Waals surface area contributed by atoms with E-state index < -0.39 is 24.1 Å². The third kappa shape index (κ3) is 2.56. The number of carbonyl (C=O) groups is 1. The lowest BCUT2D eigenvalue weighted by Crippen LogP contribution is -2.66. The van der Waals surface area contributed by atoms with E-state index in [1.54, 1.807) is 21.3 Å². The van der Waals surface area contributed by atoms with Crippen molar-refractivity contribution >= 4 is 5.97 Å². The van der Waals surface area contributed by atoms with Crippen molar-refractivity contribution in [2.24, 2.45) is 0 Å². The van der Waals surface area contributed by atoms with Crippen molar-refractivity contribution in [2.45, 2.75) is 43.0 Å². The van der Waals surface area contributed by atoms with Gasteiger partial charge in [-0.1, -0.05) is 0 Å². The monoisotopic (exact) mass is 290 g/mol. The van der Waals surface area contributed by atoms with E-state index >= 15 is 0 Å². The molecule has 0 aromatic heterocycles. The van der Waals surface area contributed by atoms with Gasteiger partial charge in [0.2, 0.25) is 5.79 Å². The molecule has 116 valence electrons. The number of carbonyl (C=O) groups excluding carboxylic acids is 1. The van der Waals surface area contributed by atoms with Crippen LogP contribution >= 0.6 is 0 Å². The summed E-state index contributed by atoms with van der Waals surface area (Å²) in [5, 5.41) is 0. The van der Waals surface area contributed by atoms with E-state index in [-0.39, 0.29) is 12.1 Å². The van der Waals surface area contributed by atoms with Crippen LogP contribution in [0.1, 0.15) is 12.8 Å². The van der Waals surface area contributed by atoms with E-state index in [1.165, 1.54) is 7.11 Å². The molecule has 20 heavy (non-hydrogen) atoms. The largest absolute Gasteiger partial charge is 0.430 e. The summed E-state index contributed by atoms with van der Waals surface area (Å²) in [7, 11) is 6.27. The zero-order chi connectivity index (χ0) is 14.8. The molecular weight excluding hydrogens is 268 g/mol. The maximum absolute atomic E-state index is 11.5. The molecule has 2 aliphatic heterocycles. The average molecular weight is 290 g/mol. The van der Waals surface area contributed by atoms with Crippen LogP contribution in [0.25, 0.3) is 0 Å². The van der Waals surface area contributed by atoms with Gasteiger partial charge in [-0.25, -0.2) is 0 Å². The highest BCUT2D eigenvalue weighted by Crippen LogP contribution is 2.41. The van der Waals surface area contributed by atoms with Gasteiger partial charge in [0.25, 0.3) is 0 Å². The molecule has 0 bridgehead atoms. The van der Waals surface area contributed by atoms with Crippen molar-refractivity contribution in [1.82, 2.24) is 0 Å². The highest BCUT2D eigenvalue weighted by molar-refractivity contribution is 5.72. The molecule has 0 radical (unpaired) electrons. The summed E-state index contributed by atoms with van der Waals surface area (Å²) in [4.78, 5) is 11.5. The maximum atomic E-state index is 11.5. The van der Waals surface area contributed by atoms with Crippen LogP contribution in [-0.2, 0) is 33.2 Å². The van der Waals surface area contributed by atoms with Crippen molar-refractivity contribution in [2.75, 3.05) is 35.0 Å². The summed E-state index contributed by atoms with van der Waals surface area (Å²) in [5.41, 5.74) is 0. The molecule has 7 heteroatoms. The molecule has 0 aliphatic carbocycles. The predicted octanol–water partition coefficient (Wildman–Crippen LogP) is 0.110. The number of methoxy groups -OCH3 is 4. The number of ether oxygens (including phenoxy) is 6. The molecule has 0 unspecified atom stereocenters. The van der Waals surface area contributed by atoms with Crippen molar-refractivity contribution < 1.29 is 33.2 Å². The first kappa shape index (κ1) is 15.7. The average Bonchev–Trinajstić information content (AvgIpc) is 2.80. The Morgan fingerprint density at radius 2 is 1.85 bits per heavy atom. The number of rotatable bonds is 5. The first-order valence-electron chi connectivity index (χ1n) is 6.59. The Bertz CT molecular complexity index is 348. The van der Waals surface area contributed by atoms with Crippen molar-refractivity contribution in [1.29, 1.82) is 0 Å². The number of esters is 1. The van der Waals surface area contributed by atoms with Crippen LogP contribution in [0.2, 0.25) is 0 Å². The Morgan fingerprint density at radius 3 is 2.30 bits per heavy atom. The molecule has 7 nitrogen and oxygen atoms in total. The molecule has 0 aromatic rings. The summed E-state index contributed by atoms with van der Waals surface area (Å²) in [6, 6.07) is 0. The van der Waals surface area contributed by atoms with Gasteiger partial charge in [-0.05, 0) is 0 Å². The Kier molecular flexibility index (Phi) is 4.98. The van der Waals surface area contributed by atoms with E-state index in [1.807, 2.05) is 0 Å². The SMILES string of the molecule is COC[C@H]1O[C@@]2(CCC(=O)O2)[C@H](OC)[C@@H](OC)[C@@H]1OC. The zero-order valence-electron chi connectivity index (χ0n) is 12.3. The van der Waals surface area contributed by atoms with Gasteiger partial charge in [-0.15, -0.1) is 0 Å². The molecule has 2 rings (SSSR count). The summed E-state index contributed by atoms with van der Waals surface area (Å²) in [6.07, 6.45) is -0.988. The third-order valence-electron chi connectivity index (χ3n) is 3.87. The van der Waals surface area contributed by atoms with Crippen LogP contribution in [0, 0.1) is 0 Å². The van der Waals surface area contributed by atoms with Crippen LogP contribution < -0.4 is 0 Å². The molecule has 0 N–H and O–H groups in total. The molecule has 5 atom stereocenters. The fourth-order valence-corrected chi connectivity index (χ4v) is 3.03. The van der Waals surface area contributed by atoms with Gasteiger partial charge >= 0.3 is 5.97 Å². The summed E-state index contributed by atoms with van der Waals surface area (Å²) in [6.45, 7) is 0.314. The van der Waals surface area contributed by atoms with Crippen molar-refractivity contribution in [3.8, 4) is 0 Å². The van der Waals surface area contributed by atoms with E-state index in [9.17, 15) is 4.79 Å². The van der Waals surface area contributed by atoms with Gasteiger partial charge in [0.15, 0.2) is 6.10 Å². The Hall–Kier alpha value is -0.730. The molecule has 1 spiro atoms. The van der Waals surface area contributed by atoms with Crippen LogP contribution in [0.5, 0.6) is 0 Å². The molecule has 0 amide bonds. The van der Waals surface area contributed by atoms with E-state index in [0.717, 1.165) is 0 Å². The second kappa shape index (κ2) is 6.36. The summed E-state index contributed by atoms with van der Waals surface area (Å²) in [5.74, 6) is -1.42. The van der Waals surface area contributed by atoms with Crippen LogP contribution in [-0.4, -0.2) is 71.2 Å². The van der Waals surface area contributed by atoms with Gasteiger partial charge in [0, 0.05) is 34.9 Å². The van der Waals surface area contributed by atoms with Crippen molar-refractivity contribution in [3.05, 3.63) is 0 Å². The topological polar surface area (TPSA) is 72.5 Å². The number of hydrogen-bond acceptors (Lipinski definition) is 7. The van der Waals surface area contributed by atoms with Crippen LogP contribution in [0.4, 0.5) is 0 Å². The lowest BCUT2D eigenvalue weighted by atomic mass is 9.90. The van der Waals surface area contributed by atoms with E-state index in [2.05, 4.69) is 0 Å². The maximum Gasteiger partial charge on any atom is 0.308 e. The molecule has 0 aromatic carbocycles. The molecule has 2 fully saturated rings. The minimum absolute atomic E-state index is 0.297. The Balaban J connectivity index is 2.30. The predicted molar refractivity (Wildman–Crippen MR) is 67.2 cm³/mol. The van der Waals surface area contributed by atoms with Gasteiger partial charge < -0.3 is 28.4 Å². The fraction of sp³-hybridized carbons (Fsp3) is 0.923. The highest BCUT2D eigenvalue weighted by atomic mass is 16.8. The Morgan fingerprint density at radius 1 is 1.15 bits per heavy atom. The zero-order valence-corrected chi connectivity index (χ0v) is 12.3. The first-order chi connectivity index (χ1) is 9.61. The quantitative estimate of drug-likeness (QED) is 0.665. The smallest absolute Gasteiger partial charge is 0.308 e.